The van der Waals surface area contributed by atoms with Crippen LogP contribution < -0.4 is 16.1 Å². The molecule has 1 aromatic heterocycles. The number of H-pyrrole nitrogens is 2. The molecule has 4 atom stereocenters. The molecule has 0 fully saturated rings. The summed E-state index contributed by atoms with van der Waals surface area (Å²) in [6.45, 7) is -2.89. The maximum Gasteiger partial charge on any atom is 0.443 e. The number of nitrogens with one attached hydrogen (secondary N) is 2. The SMILES string of the molecule is O=c1[nH]c2c(c(=O)[nH]1)N=C(C(F)(F)F)[C@@](O)(C(F)(F)F)N2C[C@H](O)[C@H](O)[C@H](O)CO. The van der Waals surface area contributed by atoms with Crippen molar-refractivity contribution < 1.29 is 51.9 Å². The monoisotopic (exact) mass is 452 g/mol. The lowest BCUT2D eigenvalue weighted by molar-refractivity contribution is -0.240. The number of aromatic nitrogens is 2. The van der Waals surface area contributed by atoms with Crippen LogP contribution in [0, 0.1) is 0 Å². The molecule has 0 radical (unpaired) electrons. The van der Waals surface area contributed by atoms with Gasteiger partial charge in [0.2, 0.25) is 0 Å². The first-order valence-electron chi connectivity index (χ1n) is 7.80. The van der Waals surface area contributed by atoms with E-state index in [0.29, 0.717) is 0 Å². The van der Waals surface area contributed by atoms with Crippen LogP contribution in [0.5, 0.6) is 0 Å². The predicted octanol–water partition coefficient (Wildman–Crippen LogP) is -2.16. The van der Waals surface area contributed by atoms with Crippen molar-refractivity contribution in [1.82, 2.24) is 9.97 Å². The second-order valence-corrected chi connectivity index (χ2v) is 6.15. The number of alkyl halides is 6. The van der Waals surface area contributed by atoms with Crippen LogP contribution >= 0.6 is 0 Å². The number of anilines is 1. The van der Waals surface area contributed by atoms with Gasteiger partial charge in [0.15, 0.2) is 11.4 Å². The standard InChI is InChI=1S/C13H14F6N4O7/c14-12(15,16)9-11(30,13(17,18)19)23(1-3(25)6(27)4(26)2-24)7-5(20-9)8(28)22-10(29)21-7/h3-4,6,24-27,30H,1-2H2,(H2,21,22,28,29)/t3-,4+,6-,11+/m0/s1. The Morgan fingerprint density at radius 1 is 1.03 bits per heavy atom. The van der Waals surface area contributed by atoms with Crippen LogP contribution in [-0.4, -0.2) is 90.8 Å². The Bertz CT molecular complexity index is 942. The second kappa shape index (κ2) is 7.65. The second-order valence-electron chi connectivity index (χ2n) is 6.15. The van der Waals surface area contributed by atoms with Gasteiger partial charge in [0.05, 0.1) is 13.2 Å². The number of aliphatic imine (C=N–C) groups is 1. The van der Waals surface area contributed by atoms with Crippen molar-refractivity contribution in [3.63, 3.8) is 0 Å². The van der Waals surface area contributed by atoms with E-state index in [1.807, 2.05) is 0 Å². The van der Waals surface area contributed by atoms with Crippen LogP contribution in [0.1, 0.15) is 0 Å². The third-order valence-corrected chi connectivity index (χ3v) is 4.12. The van der Waals surface area contributed by atoms with E-state index in [9.17, 15) is 56.4 Å². The number of nitrogens with zero attached hydrogens (tertiary/aromatic N) is 2. The summed E-state index contributed by atoms with van der Waals surface area (Å²) < 4.78 is 80.9. The highest BCUT2D eigenvalue weighted by atomic mass is 19.4. The fourth-order valence-electron chi connectivity index (χ4n) is 2.68. The van der Waals surface area contributed by atoms with Crippen LogP contribution in [0.25, 0.3) is 0 Å². The number of aliphatic hydroxyl groups is 5. The molecule has 0 bridgehead atoms. The maximum absolute atomic E-state index is 13.6. The van der Waals surface area contributed by atoms with Crippen molar-refractivity contribution in [2.75, 3.05) is 18.1 Å². The Morgan fingerprint density at radius 3 is 2.07 bits per heavy atom. The van der Waals surface area contributed by atoms with Gasteiger partial charge in [-0.1, -0.05) is 0 Å². The molecule has 170 valence electrons. The molecule has 0 saturated carbocycles. The summed E-state index contributed by atoms with van der Waals surface area (Å²) in [4.78, 5) is 28.2. The summed E-state index contributed by atoms with van der Waals surface area (Å²) in [7, 11) is 0. The van der Waals surface area contributed by atoms with E-state index in [1.165, 1.54) is 4.98 Å². The summed E-state index contributed by atoms with van der Waals surface area (Å²) in [5.41, 5.74) is -12.4. The first-order chi connectivity index (χ1) is 13.6. The Kier molecular flexibility index (Phi) is 6.07. The van der Waals surface area contributed by atoms with Crippen molar-refractivity contribution in [3.8, 4) is 0 Å². The molecule has 0 spiro atoms. The number of aliphatic hydroxyl groups excluding tert-OH is 4. The zero-order chi connectivity index (χ0) is 23.2. The Labute approximate surface area is 160 Å². The van der Waals surface area contributed by atoms with Gasteiger partial charge in [0.25, 0.3) is 11.3 Å². The Hall–Kier alpha value is -2.47. The third-order valence-electron chi connectivity index (χ3n) is 4.12. The first-order valence-corrected chi connectivity index (χ1v) is 7.80. The lowest BCUT2D eigenvalue weighted by atomic mass is 9.98. The predicted molar refractivity (Wildman–Crippen MR) is 84.3 cm³/mol. The molecule has 0 aromatic carbocycles. The van der Waals surface area contributed by atoms with Crippen molar-refractivity contribution in [1.29, 1.82) is 0 Å². The number of fused-ring (bicyclic) bond motifs is 1. The smallest absolute Gasteiger partial charge is 0.394 e. The molecule has 7 N–H and O–H groups in total. The van der Waals surface area contributed by atoms with Gasteiger partial charge in [0.1, 0.15) is 24.1 Å². The number of hydrogen-bond donors (Lipinski definition) is 7. The van der Waals surface area contributed by atoms with Gasteiger partial charge in [-0.2, -0.15) is 26.3 Å². The minimum absolute atomic E-state index is 0.632. The minimum atomic E-state index is -6.15. The average molecular weight is 452 g/mol. The van der Waals surface area contributed by atoms with E-state index < -0.39 is 82.9 Å². The molecule has 0 saturated heterocycles. The largest absolute Gasteiger partial charge is 0.443 e. The molecule has 2 rings (SSSR count). The zero-order valence-corrected chi connectivity index (χ0v) is 14.4. The molecule has 1 aromatic rings. The van der Waals surface area contributed by atoms with E-state index in [0.717, 1.165) is 0 Å². The normalized spacial score (nSPS) is 22.9. The van der Waals surface area contributed by atoms with E-state index in [-0.39, 0.29) is 0 Å². The van der Waals surface area contributed by atoms with Crippen molar-refractivity contribution in [2.24, 2.45) is 4.99 Å². The fraction of sp³-hybridized carbons (Fsp3) is 0.615. The summed E-state index contributed by atoms with van der Waals surface area (Å²) in [6.07, 6.45) is -19.1. The number of hydrogen-bond acceptors (Lipinski definition) is 9. The number of aromatic amines is 2. The maximum atomic E-state index is 13.6. The number of halogens is 6. The minimum Gasteiger partial charge on any atom is -0.394 e. The van der Waals surface area contributed by atoms with Crippen molar-refractivity contribution in [2.45, 2.75) is 36.4 Å². The van der Waals surface area contributed by atoms with Gasteiger partial charge in [-0.15, -0.1) is 0 Å². The molecular formula is C13H14F6N4O7. The molecule has 0 unspecified atom stereocenters. The molecule has 2 heterocycles. The molecule has 1 aliphatic heterocycles. The van der Waals surface area contributed by atoms with Crippen molar-refractivity contribution in [3.05, 3.63) is 20.8 Å². The molecule has 1 aliphatic rings. The van der Waals surface area contributed by atoms with E-state index in [2.05, 4.69) is 4.99 Å². The highest BCUT2D eigenvalue weighted by molar-refractivity contribution is 6.04. The highest BCUT2D eigenvalue weighted by Crippen LogP contribution is 2.46. The Balaban J connectivity index is 2.80. The fourth-order valence-corrected chi connectivity index (χ4v) is 2.68. The third kappa shape index (κ3) is 3.93. The highest BCUT2D eigenvalue weighted by Gasteiger charge is 2.70. The first kappa shape index (κ1) is 23.8. The molecule has 11 nitrogen and oxygen atoms in total. The number of β-amino-alcohol motifs (C(OH)–C–C–N with tert-alkyl or cyclic N) is 1. The average Bonchev–Trinajstić information content (AvgIpc) is 2.60. The molecular weight excluding hydrogens is 438 g/mol. The topological polar surface area (TPSA) is 182 Å². The summed E-state index contributed by atoms with van der Waals surface area (Å²) in [5.74, 6) is -1.35. The zero-order valence-electron chi connectivity index (χ0n) is 14.4. The Morgan fingerprint density at radius 2 is 1.60 bits per heavy atom. The molecule has 30 heavy (non-hydrogen) atoms. The van der Waals surface area contributed by atoms with Gasteiger partial charge in [-0.05, 0) is 0 Å². The van der Waals surface area contributed by atoms with Crippen LogP contribution in [-0.2, 0) is 0 Å². The molecule has 0 aliphatic carbocycles. The van der Waals surface area contributed by atoms with Crippen LogP contribution in [0.2, 0.25) is 0 Å². The van der Waals surface area contributed by atoms with Crippen LogP contribution in [0.15, 0.2) is 14.6 Å². The van der Waals surface area contributed by atoms with E-state index in [1.54, 1.807) is 4.98 Å². The molecule has 0 amide bonds. The van der Waals surface area contributed by atoms with Crippen LogP contribution in [0.3, 0.4) is 0 Å². The van der Waals surface area contributed by atoms with Crippen LogP contribution in [0.4, 0.5) is 37.8 Å². The van der Waals surface area contributed by atoms with Gasteiger partial charge in [-0.3, -0.25) is 14.8 Å². The summed E-state index contributed by atoms with van der Waals surface area (Å²) in [5, 5.41) is 47.7. The summed E-state index contributed by atoms with van der Waals surface area (Å²) in [6, 6.07) is 0. The van der Waals surface area contributed by atoms with E-state index >= 15 is 0 Å². The lowest BCUT2D eigenvalue weighted by Crippen LogP contribution is -2.70. The van der Waals surface area contributed by atoms with Gasteiger partial charge < -0.3 is 30.4 Å². The summed E-state index contributed by atoms with van der Waals surface area (Å²) >= 11 is 0. The van der Waals surface area contributed by atoms with Gasteiger partial charge in [0, 0.05) is 0 Å². The van der Waals surface area contributed by atoms with Gasteiger partial charge in [-0.25, -0.2) is 9.79 Å². The quantitative estimate of drug-likeness (QED) is 0.247. The van der Waals surface area contributed by atoms with Crippen molar-refractivity contribution >= 4 is 17.2 Å². The van der Waals surface area contributed by atoms with Gasteiger partial charge >= 0.3 is 18.0 Å². The molecule has 17 heteroatoms. The number of rotatable bonds is 5. The lowest BCUT2D eigenvalue weighted by Gasteiger charge is -2.45. The van der Waals surface area contributed by atoms with E-state index in [4.69, 9.17) is 5.11 Å².